The van der Waals surface area contributed by atoms with Gasteiger partial charge in [-0.25, -0.2) is 4.98 Å². The number of aryl methyl sites for hydroxylation is 1. The van der Waals surface area contributed by atoms with Gasteiger partial charge in [0.1, 0.15) is 5.52 Å². The predicted molar refractivity (Wildman–Crippen MR) is 128 cm³/mol. The first-order chi connectivity index (χ1) is 15.0. The van der Waals surface area contributed by atoms with E-state index in [0.29, 0.717) is 17.2 Å². The second-order valence-electron chi connectivity index (χ2n) is 7.19. The highest BCUT2D eigenvalue weighted by molar-refractivity contribution is 5.81. The fourth-order valence-electron chi connectivity index (χ4n) is 3.17. The molecule has 4 rings (SSSR count). The molecule has 6 nitrogen and oxygen atoms in total. The van der Waals surface area contributed by atoms with E-state index in [2.05, 4.69) is 38.9 Å². The molecule has 2 aromatic heterocycles. The molecule has 4 aromatic rings. The summed E-state index contributed by atoms with van der Waals surface area (Å²) in [4.78, 5) is 12.7. The molecule has 0 amide bonds. The van der Waals surface area contributed by atoms with E-state index in [1.165, 1.54) is 0 Å². The molecule has 2 heterocycles. The minimum absolute atomic E-state index is 0.562. The van der Waals surface area contributed by atoms with E-state index in [1.807, 2.05) is 74.5 Å². The first-order valence-electron chi connectivity index (χ1n) is 9.82. The van der Waals surface area contributed by atoms with Crippen LogP contribution < -0.4 is 10.6 Å². The van der Waals surface area contributed by atoms with Gasteiger partial charge in [-0.15, -0.1) is 0 Å². The third-order valence-corrected chi connectivity index (χ3v) is 4.62. The van der Waals surface area contributed by atoms with Crippen molar-refractivity contribution in [2.24, 2.45) is 4.99 Å². The molecule has 0 spiro atoms. The van der Waals surface area contributed by atoms with Crippen LogP contribution in [0.3, 0.4) is 0 Å². The summed E-state index contributed by atoms with van der Waals surface area (Å²) in [5.74, 6) is 0.562. The third kappa shape index (κ3) is 4.87. The van der Waals surface area contributed by atoms with Crippen molar-refractivity contribution in [2.75, 3.05) is 10.6 Å². The number of nitrogens with zero attached hydrogens (tertiary/aromatic N) is 3. The molecule has 154 valence electrons. The number of hydrogen-bond donors (Lipinski definition) is 2. The Labute approximate surface area is 181 Å². The fraction of sp³-hybridized carbons (Fsp3) is 0.0800. The lowest BCUT2D eigenvalue weighted by Crippen LogP contribution is -1.95. The van der Waals surface area contributed by atoms with Gasteiger partial charge >= 0.3 is 0 Å². The Kier molecular flexibility index (Phi) is 5.62. The van der Waals surface area contributed by atoms with Crippen molar-refractivity contribution >= 4 is 34.9 Å². The van der Waals surface area contributed by atoms with Crippen LogP contribution in [-0.4, -0.2) is 16.7 Å². The molecule has 2 aromatic carbocycles. The minimum Gasteiger partial charge on any atom is -0.436 e. The fourth-order valence-corrected chi connectivity index (χ4v) is 3.17. The minimum atomic E-state index is 0.562. The van der Waals surface area contributed by atoms with Gasteiger partial charge in [-0.05, 0) is 69.1 Å². The highest BCUT2D eigenvalue weighted by Crippen LogP contribution is 2.29. The number of benzene rings is 2. The molecule has 0 unspecified atom stereocenters. The molecule has 0 aliphatic heterocycles. The smallest absolute Gasteiger partial charge is 0.227 e. The number of hydrogen-bond acceptors (Lipinski definition) is 6. The molecule has 31 heavy (non-hydrogen) atoms. The topological polar surface area (TPSA) is 75.3 Å². The van der Waals surface area contributed by atoms with Gasteiger partial charge in [0, 0.05) is 52.0 Å². The largest absolute Gasteiger partial charge is 0.436 e. The molecule has 2 N–H and O–H groups in total. The van der Waals surface area contributed by atoms with Crippen LogP contribution in [0.2, 0.25) is 0 Å². The zero-order chi connectivity index (χ0) is 21.8. The summed E-state index contributed by atoms with van der Waals surface area (Å²) in [6, 6.07) is 17.7. The molecule has 0 radical (unpaired) electrons. The Morgan fingerprint density at radius 3 is 2.71 bits per heavy atom. The number of anilines is 3. The zero-order valence-electron chi connectivity index (χ0n) is 17.5. The molecule has 0 fully saturated rings. The van der Waals surface area contributed by atoms with Crippen molar-refractivity contribution in [1.29, 1.82) is 0 Å². The van der Waals surface area contributed by atoms with Crippen LogP contribution in [0, 0.1) is 6.92 Å². The second-order valence-corrected chi connectivity index (χ2v) is 7.19. The maximum absolute atomic E-state index is 6.04. The van der Waals surface area contributed by atoms with E-state index in [4.69, 9.17) is 4.42 Å². The zero-order valence-corrected chi connectivity index (χ0v) is 17.5. The average Bonchev–Trinajstić information content (AvgIpc) is 3.17. The van der Waals surface area contributed by atoms with Crippen LogP contribution >= 0.6 is 0 Å². The monoisotopic (exact) mass is 409 g/mol. The van der Waals surface area contributed by atoms with Gasteiger partial charge in [-0.3, -0.25) is 9.98 Å². The summed E-state index contributed by atoms with van der Waals surface area (Å²) in [6.45, 7) is 11.3. The van der Waals surface area contributed by atoms with Crippen molar-refractivity contribution < 1.29 is 4.42 Å². The molecule has 0 aliphatic rings. The molecule has 0 saturated carbocycles. The van der Waals surface area contributed by atoms with E-state index in [9.17, 15) is 0 Å². The number of nitrogens with one attached hydrogen (secondary N) is 2. The first-order valence-corrected chi connectivity index (χ1v) is 9.82. The Morgan fingerprint density at radius 2 is 1.90 bits per heavy atom. The highest BCUT2D eigenvalue weighted by atomic mass is 16.3. The van der Waals surface area contributed by atoms with Crippen molar-refractivity contribution in [1.82, 2.24) is 9.97 Å². The van der Waals surface area contributed by atoms with Crippen LogP contribution in [0.5, 0.6) is 0 Å². The van der Waals surface area contributed by atoms with Gasteiger partial charge in [-0.2, -0.15) is 0 Å². The third-order valence-electron chi connectivity index (χ3n) is 4.62. The van der Waals surface area contributed by atoms with Crippen molar-refractivity contribution in [3.8, 4) is 11.5 Å². The number of fused-ring (bicyclic) bond motifs is 1. The van der Waals surface area contributed by atoms with Crippen LogP contribution in [-0.2, 0) is 0 Å². The molecule has 0 saturated heterocycles. The lowest BCUT2D eigenvalue weighted by molar-refractivity contribution is 0.620. The van der Waals surface area contributed by atoms with Gasteiger partial charge in [0.2, 0.25) is 5.89 Å². The van der Waals surface area contributed by atoms with Crippen LogP contribution in [0.15, 0.2) is 94.3 Å². The normalized spacial score (nSPS) is 11.4. The summed E-state index contributed by atoms with van der Waals surface area (Å²) in [5, 5.41) is 6.62. The maximum atomic E-state index is 6.04. The molecular weight excluding hydrogens is 386 g/mol. The molecule has 0 bridgehead atoms. The van der Waals surface area contributed by atoms with Crippen molar-refractivity contribution in [3.05, 3.63) is 90.5 Å². The number of aromatic nitrogens is 2. The number of aliphatic imine (C=N–C) groups is 1. The first kappa shape index (κ1) is 20.1. The van der Waals surface area contributed by atoms with E-state index < -0.39 is 0 Å². The Bertz CT molecular complexity index is 1300. The average molecular weight is 409 g/mol. The van der Waals surface area contributed by atoms with Gasteiger partial charge < -0.3 is 15.1 Å². The number of rotatable bonds is 7. The predicted octanol–water partition coefficient (Wildman–Crippen LogP) is 6.47. The van der Waals surface area contributed by atoms with E-state index in [-0.39, 0.29) is 0 Å². The highest BCUT2D eigenvalue weighted by Gasteiger charge is 2.10. The number of pyridine rings is 1. The summed E-state index contributed by atoms with van der Waals surface area (Å²) in [7, 11) is 0. The summed E-state index contributed by atoms with van der Waals surface area (Å²) in [6.07, 6.45) is 3.61. The van der Waals surface area contributed by atoms with Crippen molar-refractivity contribution in [2.45, 2.75) is 13.8 Å². The SMILES string of the molecule is C=N/C(C)=C\C(=C)Nc1ccc2nc(-c3cccc(Nc4ccnc(C)c4)c3)oc2c1. The van der Waals surface area contributed by atoms with Crippen molar-refractivity contribution in [3.63, 3.8) is 0 Å². The van der Waals surface area contributed by atoms with Gasteiger partial charge in [0.25, 0.3) is 0 Å². The Balaban J connectivity index is 1.57. The van der Waals surface area contributed by atoms with E-state index in [0.717, 1.165) is 39.5 Å². The molecule has 0 atom stereocenters. The Morgan fingerprint density at radius 1 is 1.06 bits per heavy atom. The maximum Gasteiger partial charge on any atom is 0.227 e. The summed E-state index contributed by atoms with van der Waals surface area (Å²) in [5.41, 5.74) is 7.62. The lowest BCUT2D eigenvalue weighted by atomic mass is 10.2. The lowest BCUT2D eigenvalue weighted by Gasteiger charge is -2.07. The van der Waals surface area contributed by atoms with E-state index in [1.54, 1.807) is 6.20 Å². The van der Waals surface area contributed by atoms with Crippen LogP contribution in [0.25, 0.3) is 22.6 Å². The standard InChI is InChI=1S/C25H23N5O/c1-16(26-4)12-18(3)28-21-8-9-23-24(15-21)31-25(30-23)19-6-5-7-20(14-19)29-22-10-11-27-17(2)13-22/h5-15,28H,3-4H2,1-2H3,(H,27,29)/b16-12-. The van der Waals surface area contributed by atoms with Gasteiger partial charge in [0.05, 0.1) is 0 Å². The van der Waals surface area contributed by atoms with Gasteiger partial charge in [0.15, 0.2) is 5.58 Å². The quantitative estimate of drug-likeness (QED) is 0.270. The van der Waals surface area contributed by atoms with E-state index >= 15 is 0 Å². The van der Waals surface area contributed by atoms with Gasteiger partial charge in [-0.1, -0.05) is 12.6 Å². The number of oxazole rings is 1. The molecular formula is C25H23N5O. The van der Waals surface area contributed by atoms with Crippen LogP contribution in [0.1, 0.15) is 12.6 Å². The molecule has 0 aliphatic carbocycles. The summed E-state index contributed by atoms with van der Waals surface area (Å²) >= 11 is 0. The summed E-state index contributed by atoms with van der Waals surface area (Å²) < 4.78 is 6.04. The van der Waals surface area contributed by atoms with Crippen LogP contribution in [0.4, 0.5) is 17.1 Å². The number of allylic oxidation sites excluding steroid dienone is 2. The molecule has 6 heteroatoms. The Hall–Kier alpha value is -4.19. The second kappa shape index (κ2) is 8.67.